The Kier molecular flexibility index (Phi) is 5.77. The van der Waals surface area contributed by atoms with E-state index in [9.17, 15) is 0 Å². The largest absolute Gasteiger partial charge is 0.493 e. The van der Waals surface area contributed by atoms with Gasteiger partial charge in [-0.15, -0.1) is 5.10 Å². The van der Waals surface area contributed by atoms with Crippen LogP contribution in [0.3, 0.4) is 0 Å². The normalized spacial score (nSPS) is 11.5. The summed E-state index contributed by atoms with van der Waals surface area (Å²) in [7, 11) is 3.24. The minimum atomic E-state index is 0.485. The van der Waals surface area contributed by atoms with Crippen LogP contribution in [0, 0.1) is 6.92 Å². The molecule has 0 aliphatic heterocycles. The highest BCUT2D eigenvalue weighted by atomic mass is 79.9. The molecule has 1 aromatic heterocycles. The van der Waals surface area contributed by atoms with Crippen molar-refractivity contribution in [2.75, 3.05) is 19.6 Å². The summed E-state index contributed by atoms with van der Waals surface area (Å²) in [5.74, 6) is 1.31. The SMILES string of the molecule is COc1ccc(-c2c(C)c3cc(Br)ccc3o/c2=N/Nc2ccccc2)cc1OC. The Hall–Kier alpha value is -3.25. The molecule has 0 saturated heterocycles. The molecule has 30 heavy (non-hydrogen) atoms. The third-order valence-corrected chi connectivity index (χ3v) is 5.37. The minimum absolute atomic E-state index is 0.485. The van der Waals surface area contributed by atoms with Crippen LogP contribution in [0.25, 0.3) is 22.1 Å². The maximum absolute atomic E-state index is 6.21. The van der Waals surface area contributed by atoms with Crippen LogP contribution in [-0.2, 0) is 0 Å². The predicted octanol–water partition coefficient (Wildman–Crippen LogP) is 6.12. The van der Waals surface area contributed by atoms with Gasteiger partial charge in [-0.05, 0) is 60.5 Å². The van der Waals surface area contributed by atoms with Gasteiger partial charge < -0.3 is 13.9 Å². The van der Waals surface area contributed by atoms with E-state index in [2.05, 4.69) is 33.4 Å². The molecule has 0 aliphatic carbocycles. The molecule has 0 aliphatic rings. The van der Waals surface area contributed by atoms with Crippen LogP contribution < -0.4 is 20.5 Å². The average molecular weight is 465 g/mol. The lowest BCUT2D eigenvalue weighted by Crippen LogP contribution is -2.11. The molecule has 0 unspecified atom stereocenters. The molecule has 0 saturated carbocycles. The number of benzene rings is 3. The van der Waals surface area contributed by atoms with Gasteiger partial charge in [0.25, 0.3) is 0 Å². The van der Waals surface area contributed by atoms with Gasteiger partial charge in [-0.3, -0.25) is 5.43 Å². The van der Waals surface area contributed by atoms with Crippen molar-refractivity contribution in [2.45, 2.75) is 6.92 Å². The first-order valence-corrected chi connectivity index (χ1v) is 10.2. The highest BCUT2D eigenvalue weighted by Crippen LogP contribution is 2.34. The van der Waals surface area contributed by atoms with E-state index in [0.717, 1.165) is 37.8 Å². The average Bonchev–Trinajstić information content (AvgIpc) is 2.78. The summed E-state index contributed by atoms with van der Waals surface area (Å²) in [6.07, 6.45) is 0. The topological polar surface area (TPSA) is 56.0 Å². The van der Waals surface area contributed by atoms with Gasteiger partial charge >= 0.3 is 0 Å². The van der Waals surface area contributed by atoms with Gasteiger partial charge in [0.2, 0.25) is 5.55 Å². The zero-order valence-corrected chi connectivity index (χ0v) is 18.5. The number of nitrogens with one attached hydrogen (secondary N) is 1. The van der Waals surface area contributed by atoms with Gasteiger partial charge in [0.15, 0.2) is 11.5 Å². The van der Waals surface area contributed by atoms with Gasteiger partial charge in [-0.25, -0.2) is 0 Å². The molecule has 0 spiro atoms. The zero-order valence-electron chi connectivity index (χ0n) is 16.9. The smallest absolute Gasteiger partial charge is 0.244 e. The summed E-state index contributed by atoms with van der Waals surface area (Å²) in [5, 5.41) is 5.59. The molecule has 152 valence electrons. The van der Waals surface area contributed by atoms with E-state index >= 15 is 0 Å². The summed E-state index contributed by atoms with van der Waals surface area (Å²) in [6, 6.07) is 21.5. The molecule has 5 nitrogen and oxygen atoms in total. The van der Waals surface area contributed by atoms with E-state index in [0.29, 0.717) is 17.1 Å². The molecule has 0 fully saturated rings. The minimum Gasteiger partial charge on any atom is -0.493 e. The third-order valence-electron chi connectivity index (χ3n) is 4.87. The van der Waals surface area contributed by atoms with E-state index in [4.69, 9.17) is 13.9 Å². The third kappa shape index (κ3) is 3.91. The lowest BCUT2D eigenvalue weighted by atomic mass is 9.99. The summed E-state index contributed by atoms with van der Waals surface area (Å²) in [5.41, 5.74) is 8.06. The van der Waals surface area contributed by atoms with Crippen molar-refractivity contribution >= 4 is 32.6 Å². The highest BCUT2D eigenvalue weighted by molar-refractivity contribution is 9.10. The van der Waals surface area contributed by atoms with E-state index in [1.807, 2.05) is 66.7 Å². The monoisotopic (exact) mass is 464 g/mol. The molecular formula is C24H21BrN2O3. The molecule has 0 radical (unpaired) electrons. The van der Waals surface area contributed by atoms with Crippen LogP contribution in [0.15, 0.2) is 80.7 Å². The Bertz CT molecular complexity index is 1270. The lowest BCUT2D eigenvalue weighted by Gasteiger charge is -2.13. The molecule has 6 heteroatoms. The first-order valence-electron chi connectivity index (χ1n) is 9.41. The second-order valence-corrected chi connectivity index (χ2v) is 7.62. The first kappa shape index (κ1) is 20.0. The molecule has 4 rings (SSSR count). The molecule has 3 aromatic carbocycles. The summed E-state index contributed by atoms with van der Waals surface area (Å²) < 4.78 is 18.1. The van der Waals surface area contributed by atoms with E-state index in [1.165, 1.54) is 0 Å². The molecule has 0 bridgehead atoms. The fourth-order valence-corrected chi connectivity index (χ4v) is 3.73. The summed E-state index contributed by atoms with van der Waals surface area (Å²) in [4.78, 5) is 0. The van der Waals surface area contributed by atoms with Crippen LogP contribution in [0.1, 0.15) is 5.56 Å². The number of rotatable bonds is 5. The quantitative estimate of drug-likeness (QED) is 0.361. The number of fused-ring (bicyclic) bond motifs is 1. The lowest BCUT2D eigenvalue weighted by molar-refractivity contribution is 0.355. The molecule has 1 heterocycles. The van der Waals surface area contributed by atoms with Gasteiger partial charge in [0.05, 0.1) is 19.9 Å². The highest BCUT2D eigenvalue weighted by Gasteiger charge is 2.15. The van der Waals surface area contributed by atoms with E-state index in [-0.39, 0.29) is 0 Å². The van der Waals surface area contributed by atoms with Crippen LogP contribution in [0.2, 0.25) is 0 Å². The summed E-state index contributed by atoms with van der Waals surface area (Å²) in [6.45, 7) is 2.07. The number of para-hydroxylation sites is 1. The zero-order chi connectivity index (χ0) is 21.1. The van der Waals surface area contributed by atoms with Crippen LogP contribution in [-0.4, -0.2) is 14.2 Å². The van der Waals surface area contributed by atoms with Crippen molar-refractivity contribution in [3.63, 3.8) is 0 Å². The fourth-order valence-electron chi connectivity index (χ4n) is 3.37. The van der Waals surface area contributed by atoms with Crippen molar-refractivity contribution in [1.29, 1.82) is 0 Å². The number of hydrogen-bond donors (Lipinski definition) is 1. The maximum atomic E-state index is 6.21. The predicted molar refractivity (Wildman–Crippen MR) is 123 cm³/mol. The van der Waals surface area contributed by atoms with Gasteiger partial charge in [-0.1, -0.05) is 40.2 Å². The van der Waals surface area contributed by atoms with Crippen molar-refractivity contribution < 1.29 is 13.9 Å². The fraction of sp³-hybridized carbons (Fsp3) is 0.125. The van der Waals surface area contributed by atoms with Crippen LogP contribution >= 0.6 is 15.9 Å². The second kappa shape index (κ2) is 8.63. The van der Waals surface area contributed by atoms with E-state index < -0.39 is 0 Å². The van der Waals surface area contributed by atoms with Crippen molar-refractivity contribution in [3.05, 3.63) is 82.3 Å². The number of nitrogens with zero attached hydrogens (tertiary/aromatic N) is 1. The molecule has 0 amide bonds. The molecule has 0 atom stereocenters. The number of aryl methyl sites for hydroxylation is 1. The Morgan fingerprint density at radius 1 is 0.900 bits per heavy atom. The molecular weight excluding hydrogens is 444 g/mol. The Labute approximate surface area is 183 Å². The second-order valence-electron chi connectivity index (χ2n) is 6.71. The Morgan fingerprint density at radius 2 is 1.67 bits per heavy atom. The Balaban J connectivity index is 1.97. The summed E-state index contributed by atoms with van der Waals surface area (Å²) >= 11 is 3.55. The first-order chi connectivity index (χ1) is 14.6. The van der Waals surface area contributed by atoms with Crippen molar-refractivity contribution in [3.8, 4) is 22.6 Å². The van der Waals surface area contributed by atoms with Crippen molar-refractivity contribution in [1.82, 2.24) is 0 Å². The van der Waals surface area contributed by atoms with Gasteiger partial charge in [-0.2, -0.15) is 0 Å². The number of ether oxygens (including phenoxy) is 2. The van der Waals surface area contributed by atoms with Crippen LogP contribution in [0.4, 0.5) is 5.69 Å². The van der Waals surface area contributed by atoms with Gasteiger partial charge in [0, 0.05) is 15.4 Å². The van der Waals surface area contributed by atoms with Crippen LogP contribution in [0.5, 0.6) is 11.5 Å². The number of methoxy groups -OCH3 is 2. The number of hydrogen-bond acceptors (Lipinski definition) is 5. The van der Waals surface area contributed by atoms with Crippen molar-refractivity contribution in [2.24, 2.45) is 5.10 Å². The molecule has 1 N–H and O–H groups in total. The van der Waals surface area contributed by atoms with E-state index in [1.54, 1.807) is 14.2 Å². The van der Waals surface area contributed by atoms with Gasteiger partial charge in [0.1, 0.15) is 5.58 Å². The number of halogens is 1. The standard InChI is InChI=1S/C24H21BrN2O3/c1-15-19-14-17(25)10-12-20(19)30-24(27-26-18-7-5-4-6-8-18)23(15)16-9-11-21(28-2)22(13-16)29-3/h4-14,26H,1-3H3/b27-24+. The number of anilines is 1. The maximum Gasteiger partial charge on any atom is 0.244 e. The Morgan fingerprint density at radius 3 is 2.40 bits per heavy atom. The molecule has 4 aromatic rings.